The van der Waals surface area contributed by atoms with Crippen molar-refractivity contribution in [1.29, 1.82) is 5.41 Å². The molecule has 0 aliphatic carbocycles. The molecule has 4 nitrogen and oxygen atoms in total. The zero-order valence-electron chi connectivity index (χ0n) is 8.29. The van der Waals surface area contributed by atoms with E-state index in [9.17, 15) is 0 Å². The van der Waals surface area contributed by atoms with Gasteiger partial charge in [0.05, 0.1) is 5.69 Å². The minimum atomic E-state index is 0. The quantitative estimate of drug-likeness (QED) is 0.654. The second-order valence-corrected chi connectivity index (χ2v) is 3.87. The first-order valence-electron chi connectivity index (χ1n) is 4.15. The van der Waals surface area contributed by atoms with Gasteiger partial charge in [0.2, 0.25) is 0 Å². The van der Waals surface area contributed by atoms with E-state index >= 15 is 0 Å². The number of aromatic nitrogens is 2. The Labute approximate surface area is 110 Å². The number of hydrogen-bond donors (Lipinski definition) is 2. The first-order chi connectivity index (χ1) is 6.75. The van der Waals surface area contributed by atoms with Crippen molar-refractivity contribution in [2.75, 3.05) is 0 Å². The first kappa shape index (κ1) is 15.1. The number of thioether (sulfide) groups is 1. The minimum absolute atomic E-state index is 0. The second kappa shape index (κ2) is 6.62. The molecule has 2 heterocycles. The Morgan fingerprint density at radius 2 is 2.19 bits per heavy atom. The van der Waals surface area contributed by atoms with Gasteiger partial charge in [-0.15, -0.1) is 24.8 Å². The van der Waals surface area contributed by atoms with Crippen LogP contribution in [0.15, 0.2) is 30.6 Å². The Bertz CT molecular complexity index is 438. The van der Waals surface area contributed by atoms with Crippen molar-refractivity contribution in [2.45, 2.75) is 5.75 Å². The van der Waals surface area contributed by atoms with Crippen molar-refractivity contribution < 1.29 is 0 Å². The van der Waals surface area contributed by atoms with Crippen molar-refractivity contribution >= 4 is 47.4 Å². The summed E-state index contributed by atoms with van der Waals surface area (Å²) in [5.41, 5.74) is 7.11. The third-order valence-corrected chi connectivity index (χ3v) is 2.54. The fraction of sp³-hybridized carbons (Fsp3) is 0.111. The Balaban J connectivity index is 0.00000112. The van der Waals surface area contributed by atoms with Crippen LogP contribution < -0.4 is 5.73 Å². The topological polar surface area (TPSA) is 67.2 Å². The Morgan fingerprint density at radius 1 is 1.44 bits per heavy atom. The van der Waals surface area contributed by atoms with E-state index in [0.717, 1.165) is 11.3 Å². The van der Waals surface area contributed by atoms with Gasteiger partial charge in [0.25, 0.3) is 0 Å². The van der Waals surface area contributed by atoms with Crippen molar-refractivity contribution in [3.63, 3.8) is 0 Å². The number of rotatable bonds is 2. The molecule has 0 amide bonds. The summed E-state index contributed by atoms with van der Waals surface area (Å²) < 4.78 is 1.95. The molecule has 2 rings (SSSR count). The summed E-state index contributed by atoms with van der Waals surface area (Å²) in [6, 6.07) is 5.85. The van der Waals surface area contributed by atoms with Crippen LogP contribution >= 0.6 is 36.6 Å². The van der Waals surface area contributed by atoms with E-state index in [-0.39, 0.29) is 30.0 Å². The van der Waals surface area contributed by atoms with E-state index in [2.05, 4.69) is 4.98 Å². The number of halogens is 2. The lowest BCUT2D eigenvalue weighted by atomic mass is 10.5. The summed E-state index contributed by atoms with van der Waals surface area (Å²) in [7, 11) is 0. The highest BCUT2D eigenvalue weighted by atomic mass is 35.5. The van der Waals surface area contributed by atoms with E-state index in [1.165, 1.54) is 11.8 Å². The standard InChI is InChI=1S/C9H10N4S.2ClH/c10-9(11)14-6-7-5-13-4-2-1-3-8(13)12-7;;/h1-5H,6H2,(H3,10,11);2*1H. The van der Waals surface area contributed by atoms with Crippen LogP contribution in [0.1, 0.15) is 5.69 Å². The number of amidine groups is 1. The van der Waals surface area contributed by atoms with Gasteiger partial charge in [0, 0.05) is 18.1 Å². The second-order valence-electron chi connectivity index (χ2n) is 2.85. The van der Waals surface area contributed by atoms with Crippen LogP contribution in [-0.4, -0.2) is 14.6 Å². The smallest absolute Gasteiger partial charge is 0.151 e. The number of nitrogens with one attached hydrogen (secondary N) is 1. The zero-order valence-corrected chi connectivity index (χ0v) is 10.7. The Hall–Kier alpha value is -0.910. The summed E-state index contributed by atoms with van der Waals surface area (Å²) in [6.07, 6.45) is 3.90. The molecule has 16 heavy (non-hydrogen) atoms. The molecule has 0 spiro atoms. The van der Waals surface area contributed by atoms with Crippen LogP contribution in [0, 0.1) is 5.41 Å². The normalized spacial score (nSPS) is 9.25. The summed E-state index contributed by atoms with van der Waals surface area (Å²) in [5, 5.41) is 7.21. The van der Waals surface area contributed by atoms with Crippen molar-refractivity contribution in [2.24, 2.45) is 5.73 Å². The summed E-state index contributed by atoms with van der Waals surface area (Å²) in [5.74, 6) is 0.650. The molecule has 0 aromatic carbocycles. The SMILES string of the molecule is Cl.Cl.N=C(N)SCc1cn2ccccc2n1. The van der Waals surface area contributed by atoms with E-state index in [0.29, 0.717) is 5.75 Å². The van der Waals surface area contributed by atoms with Crippen molar-refractivity contribution in [3.8, 4) is 0 Å². The van der Waals surface area contributed by atoms with Gasteiger partial charge < -0.3 is 10.1 Å². The number of nitrogens with two attached hydrogens (primary N) is 1. The molecule has 7 heteroatoms. The lowest BCUT2D eigenvalue weighted by Gasteiger charge is -1.92. The highest BCUT2D eigenvalue weighted by Crippen LogP contribution is 2.11. The van der Waals surface area contributed by atoms with Gasteiger partial charge in [0.15, 0.2) is 5.17 Å². The molecule has 3 N–H and O–H groups in total. The summed E-state index contributed by atoms with van der Waals surface area (Å²) in [6.45, 7) is 0. The number of nitrogens with zero attached hydrogens (tertiary/aromatic N) is 2. The molecule has 2 aromatic heterocycles. The minimum Gasteiger partial charge on any atom is -0.379 e. The fourth-order valence-corrected chi connectivity index (χ4v) is 1.65. The van der Waals surface area contributed by atoms with Gasteiger partial charge in [-0.2, -0.15) is 0 Å². The van der Waals surface area contributed by atoms with E-state index in [1.54, 1.807) is 0 Å². The van der Waals surface area contributed by atoms with Gasteiger partial charge in [-0.1, -0.05) is 17.8 Å². The highest BCUT2D eigenvalue weighted by Gasteiger charge is 2.01. The molecular weight excluding hydrogens is 267 g/mol. The third-order valence-electron chi connectivity index (χ3n) is 1.79. The van der Waals surface area contributed by atoms with Crippen LogP contribution in [0.5, 0.6) is 0 Å². The molecule has 2 aromatic rings. The highest BCUT2D eigenvalue weighted by molar-refractivity contribution is 8.13. The predicted molar refractivity (Wildman–Crippen MR) is 72.9 cm³/mol. The van der Waals surface area contributed by atoms with Crippen LogP contribution in [0.25, 0.3) is 5.65 Å². The monoisotopic (exact) mass is 278 g/mol. The van der Waals surface area contributed by atoms with Gasteiger partial charge in [-0.05, 0) is 12.1 Å². The first-order valence-corrected chi connectivity index (χ1v) is 5.14. The average molecular weight is 279 g/mol. The molecule has 0 saturated carbocycles. The lowest BCUT2D eigenvalue weighted by Crippen LogP contribution is -2.03. The number of imidazole rings is 1. The maximum Gasteiger partial charge on any atom is 0.151 e. The van der Waals surface area contributed by atoms with E-state index in [1.807, 2.05) is 35.0 Å². The van der Waals surface area contributed by atoms with E-state index in [4.69, 9.17) is 11.1 Å². The van der Waals surface area contributed by atoms with Crippen molar-refractivity contribution in [3.05, 3.63) is 36.3 Å². The average Bonchev–Trinajstić information content (AvgIpc) is 2.57. The summed E-state index contributed by atoms with van der Waals surface area (Å²) in [4.78, 5) is 4.37. The predicted octanol–water partition coefficient (Wildman–Crippen LogP) is 2.30. The number of fused-ring (bicyclic) bond motifs is 1. The van der Waals surface area contributed by atoms with Crippen LogP contribution in [-0.2, 0) is 5.75 Å². The molecule has 0 bridgehead atoms. The number of hydrogen-bond acceptors (Lipinski definition) is 3. The maximum atomic E-state index is 7.08. The lowest BCUT2D eigenvalue weighted by molar-refractivity contribution is 1.18. The Morgan fingerprint density at radius 3 is 2.81 bits per heavy atom. The van der Waals surface area contributed by atoms with Gasteiger partial charge in [-0.25, -0.2) is 4.98 Å². The molecule has 0 atom stereocenters. The largest absolute Gasteiger partial charge is 0.379 e. The van der Waals surface area contributed by atoms with Gasteiger partial charge >= 0.3 is 0 Å². The van der Waals surface area contributed by atoms with Crippen LogP contribution in [0.4, 0.5) is 0 Å². The Kier molecular flexibility index (Phi) is 6.25. The van der Waals surface area contributed by atoms with Crippen molar-refractivity contribution in [1.82, 2.24) is 9.38 Å². The number of pyridine rings is 1. The molecule has 0 aliphatic heterocycles. The molecule has 0 aliphatic rings. The maximum absolute atomic E-state index is 7.08. The third kappa shape index (κ3) is 3.59. The molecule has 88 valence electrons. The molecular formula is C9H12Cl2N4S. The fourth-order valence-electron chi connectivity index (χ4n) is 1.21. The molecule has 0 radical (unpaired) electrons. The van der Waals surface area contributed by atoms with Crippen LogP contribution in [0.3, 0.4) is 0 Å². The zero-order chi connectivity index (χ0) is 9.97. The molecule has 0 unspecified atom stereocenters. The molecule has 0 fully saturated rings. The summed E-state index contributed by atoms with van der Waals surface area (Å²) >= 11 is 1.28. The van der Waals surface area contributed by atoms with Gasteiger partial charge in [0.1, 0.15) is 5.65 Å². The van der Waals surface area contributed by atoms with Gasteiger partial charge in [-0.3, -0.25) is 5.41 Å². The van der Waals surface area contributed by atoms with E-state index < -0.39 is 0 Å². The van der Waals surface area contributed by atoms with Crippen LogP contribution in [0.2, 0.25) is 0 Å². The molecule has 0 saturated heterocycles.